The third-order valence-electron chi connectivity index (χ3n) is 5.03. The highest BCUT2D eigenvalue weighted by Gasteiger charge is 2.12. The molecule has 9 nitrogen and oxygen atoms in total. The molecule has 0 aliphatic carbocycles. The van der Waals surface area contributed by atoms with Gasteiger partial charge in [-0.05, 0) is 53.6 Å². The lowest BCUT2D eigenvalue weighted by Crippen LogP contribution is -2.30. The average molecular weight is 474 g/mol. The van der Waals surface area contributed by atoms with Crippen LogP contribution in [0.2, 0.25) is 0 Å². The topological polar surface area (TPSA) is 143 Å². The fourth-order valence-corrected chi connectivity index (χ4v) is 4.27. The number of carbonyl (C=O) groups is 2. The minimum atomic E-state index is -1.02. The van der Waals surface area contributed by atoms with Gasteiger partial charge in [0, 0.05) is 17.8 Å². The minimum Gasteiger partial charge on any atom is -0.493 e. The first-order valence-corrected chi connectivity index (χ1v) is 11.2. The van der Waals surface area contributed by atoms with Gasteiger partial charge in [-0.25, -0.2) is 5.48 Å². The van der Waals surface area contributed by atoms with Crippen molar-refractivity contribution in [2.75, 3.05) is 13.7 Å². The Balaban J connectivity index is 1.52. The van der Waals surface area contributed by atoms with E-state index in [1.54, 1.807) is 18.7 Å². The number of benzene rings is 2. The van der Waals surface area contributed by atoms with E-state index in [4.69, 9.17) is 25.5 Å². The van der Waals surface area contributed by atoms with Crippen molar-refractivity contribution >= 4 is 33.3 Å². The summed E-state index contributed by atoms with van der Waals surface area (Å²) in [6.45, 7) is 1.60. The number of hydrogen-bond donors (Lipinski definition) is 5. The fourth-order valence-electron chi connectivity index (χ4n) is 3.25. The molecule has 1 unspecified atom stereocenters. The number of amides is 1. The number of ether oxygens (including phenoxy) is 2. The highest BCUT2D eigenvalue weighted by molar-refractivity contribution is 7.20. The van der Waals surface area contributed by atoms with Crippen LogP contribution in [-0.2, 0) is 17.9 Å². The normalized spacial score (nSPS) is 11.8. The number of fused-ring (bicyclic) bond motifs is 1. The molecule has 0 spiro atoms. The maximum absolute atomic E-state index is 11.6. The summed E-state index contributed by atoms with van der Waals surface area (Å²) < 4.78 is 12.1. The molecular weight excluding hydrogens is 446 g/mol. The molecule has 1 amide bonds. The molecule has 2 aromatic carbocycles. The van der Waals surface area contributed by atoms with Crippen LogP contribution in [-0.4, -0.2) is 41.9 Å². The molecule has 0 fully saturated rings. The van der Waals surface area contributed by atoms with Gasteiger partial charge in [0.15, 0.2) is 11.5 Å². The number of aliphatic carboxylic acids is 1. The van der Waals surface area contributed by atoms with Crippen LogP contribution >= 0.6 is 11.3 Å². The molecule has 3 aromatic rings. The van der Waals surface area contributed by atoms with Crippen molar-refractivity contribution < 1.29 is 29.4 Å². The van der Waals surface area contributed by atoms with Crippen molar-refractivity contribution in [3.63, 3.8) is 0 Å². The van der Waals surface area contributed by atoms with Crippen molar-refractivity contribution in [3.05, 3.63) is 58.5 Å². The molecule has 3 rings (SSSR count). The summed E-state index contributed by atoms with van der Waals surface area (Å²) in [5.41, 5.74) is 9.25. The van der Waals surface area contributed by atoms with Crippen LogP contribution in [0.25, 0.3) is 10.1 Å². The molecule has 0 aliphatic rings. The molecule has 1 atom stereocenters. The average Bonchev–Trinajstić information content (AvgIpc) is 3.25. The number of hydrogen-bond acceptors (Lipinski definition) is 8. The first-order valence-electron chi connectivity index (χ1n) is 10.4. The predicted octanol–water partition coefficient (Wildman–Crippen LogP) is 2.89. The Morgan fingerprint density at radius 2 is 1.82 bits per heavy atom. The van der Waals surface area contributed by atoms with Gasteiger partial charge in [-0.3, -0.25) is 14.8 Å². The lowest BCUT2D eigenvalue weighted by atomic mass is 10.1. The van der Waals surface area contributed by atoms with Gasteiger partial charge >= 0.3 is 5.97 Å². The first-order chi connectivity index (χ1) is 15.9. The predicted molar refractivity (Wildman–Crippen MR) is 125 cm³/mol. The number of carbonyl (C=O) groups excluding carboxylic acids is 1. The first kappa shape index (κ1) is 24.5. The number of carboxylic acids is 1. The van der Waals surface area contributed by atoms with E-state index in [0.717, 1.165) is 21.2 Å². The zero-order valence-corrected chi connectivity index (χ0v) is 19.0. The van der Waals surface area contributed by atoms with Crippen LogP contribution in [0.5, 0.6) is 11.5 Å². The zero-order valence-electron chi connectivity index (χ0n) is 18.2. The number of nitrogens with one attached hydrogen (secondary N) is 2. The number of methoxy groups -OCH3 is 1. The largest absolute Gasteiger partial charge is 0.493 e. The number of carboxylic acid groups (broad SMARTS) is 1. The summed E-state index contributed by atoms with van der Waals surface area (Å²) in [7, 11) is 1.57. The van der Waals surface area contributed by atoms with Crippen LogP contribution in [0, 0.1) is 0 Å². The minimum absolute atomic E-state index is 0.340. The Hall–Kier alpha value is -3.18. The third-order valence-corrected chi connectivity index (χ3v) is 6.13. The molecule has 176 valence electrons. The van der Waals surface area contributed by atoms with E-state index < -0.39 is 17.9 Å². The highest BCUT2D eigenvalue weighted by atomic mass is 32.1. The highest BCUT2D eigenvalue weighted by Crippen LogP contribution is 2.29. The SMILES string of the molecule is COc1cc(CNCc2ccc3cc(C(=O)NO)sc3c2)ccc1OCCCC(N)C(=O)O. The summed E-state index contributed by atoms with van der Waals surface area (Å²) in [5.74, 6) is -0.331. The summed E-state index contributed by atoms with van der Waals surface area (Å²) >= 11 is 1.33. The van der Waals surface area contributed by atoms with Gasteiger partial charge < -0.3 is 25.6 Å². The lowest BCUT2D eigenvalue weighted by molar-refractivity contribution is -0.138. The molecule has 0 aliphatic heterocycles. The standard InChI is InChI=1S/C23H27N3O6S/c1-31-19-9-14(5-7-18(19)32-8-2-3-17(24)23(28)29)12-25-13-15-4-6-16-11-21(22(27)26-30)33-20(16)10-15/h4-7,9-11,17,25,30H,2-3,8,12-13,24H2,1H3,(H,26,27)(H,28,29). The maximum atomic E-state index is 11.6. The van der Waals surface area contributed by atoms with Crippen LogP contribution in [0.15, 0.2) is 42.5 Å². The number of hydroxylamine groups is 1. The Morgan fingerprint density at radius 1 is 1.09 bits per heavy atom. The van der Waals surface area contributed by atoms with E-state index >= 15 is 0 Å². The summed E-state index contributed by atoms with van der Waals surface area (Å²) in [6, 6.07) is 12.5. The van der Waals surface area contributed by atoms with E-state index in [2.05, 4.69) is 5.32 Å². The van der Waals surface area contributed by atoms with Gasteiger partial charge in [-0.2, -0.15) is 0 Å². The van der Waals surface area contributed by atoms with Crippen LogP contribution in [0.3, 0.4) is 0 Å². The van der Waals surface area contributed by atoms with Crippen LogP contribution < -0.4 is 26.0 Å². The second-order valence-electron chi connectivity index (χ2n) is 7.45. The van der Waals surface area contributed by atoms with E-state index in [1.807, 2.05) is 36.4 Å². The summed E-state index contributed by atoms with van der Waals surface area (Å²) in [6.07, 6.45) is 0.869. The van der Waals surface area contributed by atoms with Crippen molar-refractivity contribution in [2.45, 2.75) is 32.0 Å². The van der Waals surface area contributed by atoms with Crippen molar-refractivity contribution in [1.29, 1.82) is 0 Å². The summed E-state index contributed by atoms with van der Waals surface area (Å²) in [4.78, 5) is 22.8. The van der Waals surface area contributed by atoms with Gasteiger partial charge in [-0.15, -0.1) is 11.3 Å². The zero-order chi connectivity index (χ0) is 23.8. The Morgan fingerprint density at radius 3 is 2.52 bits per heavy atom. The van der Waals surface area contributed by atoms with Crippen LogP contribution in [0.1, 0.15) is 33.6 Å². The van der Waals surface area contributed by atoms with Gasteiger partial charge in [0.25, 0.3) is 5.91 Å². The lowest BCUT2D eigenvalue weighted by Gasteiger charge is -2.13. The van der Waals surface area contributed by atoms with Gasteiger partial charge in [0.1, 0.15) is 6.04 Å². The molecule has 0 radical (unpaired) electrons. The van der Waals surface area contributed by atoms with Crippen LogP contribution in [0.4, 0.5) is 0 Å². The fraction of sp³-hybridized carbons (Fsp3) is 0.304. The van der Waals surface area contributed by atoms with Gasteiger partial charge in [-0.1, -0.05) is 18.2 Å². The Kier molecular flexibility index (Phi) is 8.61. The number of thiophene rings is 1. The quantitative estimate of drug-likeness (QED) is 0.153. The summed E-state index contributed by atoms with van der Waals surface area (Å²) in [5, 5.41) is 22.0. The Labute approximate surface area is 195 Å². The van der Waals surface area contributed by atoms with Crippen molar-refractivity contribution in [3.8, 4) is 11.5 Å². The number of rotatable bonds is 12. The maximum Gasteiger partial charge on any atom is 0.320 e. The molecule has 33 heavy (non-hydrogen) atoms. The molecule has 6 N–H and O–H groups in total. The van der Waals surface area contributed by atoms with E-state index in [0.29, 0.717) is 48.9 Å². The van der Waals surface area contributed by atoms with Gasteiger partial charge in [0.05, 0.1) is 18.6 Å². The Bertz CT molecular complexity index is 1120. The molecule has 0 bridgehead atoms. The molecule has 0 saturated carbocycles. The van der Waals surface area contributed by atoms with Crippen molar-refractivity contribution in [1.82, 2.24) is 10.8 Å². The molecule has 10 heteroatoms. The third kappa shape index (κ3) is 6.65. The molecular formula is C23H27N3O6S. The second kappa shape index (κ2) is 11.6. The van der Waals surface area contributed by atoms with E-state index in [-0.39, 0.29) is 0 Å². The van der Waals surface area contributed by atoms with Gasteiger partial charge in [0.2, 0.25) is 0 Å². The number of nitrogens with two attached hydrogens (primary N) is 1. The van der Waals surface area contributed by atoms with E-state index in [9.17, 15) is 9.59 Å². The molecule has 0 saturated heterocycles. The molecule has 1 heterocycles. The van der Waals surface area contributed by atoms with E-state index in [1.165, 1.54) is 11.3 Å². The smallest absolute Gasteiger partial charge is 0.320 e. The monoisotopic (exact) mass is 473 g/mol. The second-order valence-corrected chi connectivity index (χ2v) is 8.53. The molecule has 1 aromatic heterocycles. The van der Waals surface area contributed by atoms with Crippen molar-refractivity contribution in [2.24, 2.45) is 5.73 Å².